The number of nitrogens with one attached hydrogen (secondary N) is 2. The molecule has 3 heterocycles. The molecule has 0 radical (unpaired) electrons. The summed E-state index contributed by atoms with van der Waals surface area (Å²) in [6.45, 7) is 4.70. The predicted molar refractivity (Wildman–Crippen MR) is 134 cm³/mol. The number of benzene rings is 1. The van der Waals surface area contributed by atoms with E-state index in [9.17, 15) is 14.4 Å². The first-order valence-electron chi connectivity index (χ1n) is 10.7. The van der Waals surface area contributed by atoms with Crippen LogP contribution in [0.5, 0.6) is 0 Å². The third-order valence-corrected chi connectivity index (χ3v) is 8.46. The molecular weight excluding hydrogens is 456 g/mol. The number of carbonyl (C=O) groups excluding carboxylic acids is 3. The van der Waals surface area contributed by atoms with Crippen molar-refractivity contribution in [1.82, 2.24) is 4.90 Å². The zero-order valence-corrected chi connectivity index (χ0v) is 20.2. The third kappa shape index (κ3) is 4.89. The summed E-state index contributed by atoms with van der Waals surface area (Å²) in [5.74, 6) is -0.00672. The molecule has 1 spiro atoms. The number of amides is 3. The number of hydrogen-bond donors (Lipinski definition) is 3. The number of allylic oxidation sites excluding steroid dienone is 1. The molecule has 33 heavy (non-hydrogen) atoms. The average Bonchev–Trinajstić information content (AvgIpc) is 3.14. The van der Waals surface area contributed by atoms with Gasteiger partial charge in [0.2, 0.25) is 0 Å². The summed E-state index contributed by atoms with van der Waals surface area (Å²) in [7, 11) is 0. The van der Waals surface area contributed by atoms with Crippen molar-refractivity contribution in [3.8, 4) is 0 Å². The molecule has 4 N–H and O–H groups in total. The van der Waals surface area contributed by atoms with E-state index in [1.54, 1.807) is 41.1 Å². The van der Waals surface area contributed by atoms with Gasteiger partial charge >= 0.3 is 6.03 Å². The van der Waals surface area contributed by atoms with Crippen LogP contribution in [0, 0.1) is 12.3 Å². The van der Waals surface area contributed by atoms with E-state index >= 15 is 0 Å². The number of primary amides is 1. The van der Waals surface area contributed by atoms with E-state index in [1.165, 1.54) is 11.3 Å². The molecular formula is C24H26N4O3S2. The number of anilines is 1. The predicted octanol–water partition coefficient (Wildman–Crippen LogP) is 4.95. The number of thioether (sulfide) groups is 1. The van der Waals surface area contributed by atoms with E-state index in [0.29, 0.717) is 41.4 Å². The van der Waals surface area contributed by atoms with Crippen molar-refractivity contribution in [2.24, 2.45) is 5.73 Å². The maximum atomic E-state index is 13.5. The zero-order chi connectivity index (χ0) is 23.8. The number of aryl methyl sites for hydroxylation is 1. The number of ketones is 1. The topological polar surface area (TPSA) is 116 Å². The molecule has 9 heteroatoms. The van der Waals surface area contributed by atoms with E-state index in [0.717, 1.165) is 28.9 Å². The summed E-state index contributed by atoms with van der Waals surface area (Å²) < 4.78 is -0.195. The van der Waals surface area contributed by atoms with Crippen LogP contribution in [-0.2, 0) is 0 Å². The van der Waals surface area contributed by atoms with Crippen molar-refractivity contribution in [2.75, 3.05) is 18.4 Å². The van der Waals surface area contributed by atoms with Gasteiger partial charge in [-0.05, 0) is 44.9 Å². The van der Waals surface area contributed by atoms with Gasteiger partial charge in [-0.1, -0.05) is 17.7 Å². The van der Waals surface area contributed by atoms with E-state index < -0.39 is 6.03 Å². The van der Waals surface area contributed by atoms with Gasteiger partial charge in [0.1, 0.15) is 5.00 Å². The van der Waals surface area contributed by atoms with Crippen LogP contribution in [0.25, 0.3) is 6.08 Å². The molecule has 4 rings (SSSR count). The first kappa shape index (κ1) is 23.3. The molecule has 2 aliphatic heterocycles. The minimum atomic E-state index is -0.728. The number of urea groups is 1. The minimum absolute atomic E-state index is 0.174. The molecule has 1 aromatic heterocycles. The van der Waals surface area contributed by atoms with Crippen LogP contribution < -0.4 is 11.1 Å². The Kier molecular flexibility index (Phi) is 6.45. The second-order valence-corrected chi connectivity index (χ2v) is 11.0. The Morgan fingerprint density at radius 1 is 1.27 bits per heavy atom. The number of hydrogen-bond acceptors (Lipinski definition) is 6. The number of rotatable bonds is 4. The summed E-state index contributed by atoms with van der Waals surface area (Å²) in [6.07, 6.45) is 5.24. The maximum absolute atomic E-state index is 13.5. The highest BCUT2D eigenvalue weighted by atomic mass is 32.2. The molecule has 0 aliphatic carbocycles. The summed E-state index contributed by atoms with van der Waals surface area (Å²) in [5, 5.41) is 12.4. The van der Waals surface area contributed by atoms with Crippen LogP contribution in [0.3, 0.4) is 0 Å². The Bertz CT molecular complexity index is 1180. The highest BCUT2D eigenvalue weighted by Crippen LogP contribution is 2.49. The van der Waals surface area contributed by atoms with E-state index in [-0.39, 0.29) is 16.4 Å². The number of carbonyl (C=O) groups is 3. The van der Waals surface area contributed by atoms with Gasteiger partial charge in [0.15, 0.2) is 5.78 Å². The lowest BCUT2D eigenvalue weighted by atomic mass is 9.87. The fraction of sp³-hybridized carbons (Fsp3) is 0.333. The van der Waals surface area contributed by atoms with Gasteiger partial charge in [0.25, 0.3) is 5.91 Å². The SMILES string of the molecule is CC(=N)/C=C\c1csc(NC(N)=O)c1C(=O)N1CCC2(CC1)CC(=O)c1cc(C)ccc1S2. The van der Waals surface area contributed by atoms with Gasteiger partial charge < -0.3 is 16.0 Å². The molecule has 3 amide bonds. The standard InChI is InChI=1S/C24H26N4O3S2/c1-14-3-6-19-17(11-14)18(29)12-24(33-19)7-9-28(10-8-24)22(30)20-16(5-4-15(2)25)13-32-21(20)27-23(26)31/h3-6,11,13,25H,7-10,12H2,1-2H3,(H3,26,27,31)/b5-4-,25-15?. The fourth-order valence-corrected chi connectivity index (χ4v) is 6.69. The second kappa shape index (κ2) is 9.15. The van der Waals surface area contributed by atoms with E-state index in [1.807, 2.05) is 25.1 Å². The van der Waals surface area contributed by atoms with Crippen molar-refractivity contribution in [3.05, 3.63) is 51.9 Å². The summed E-state index contributed by atoms with van der Waals surface area (Å²) in [6, 6.07) is 5.30. The lowest BCUT2D eigenvalue weighted by Gasteiger charge is -2.43. The van der Waals surface area contributed by atoms with E-state index in [2.05, 4.69) is 5.32 Å². The molecule has 0 atom stereocenters. The highest BCUT2D eigenvalue weighted by molar-refractivity contribution is 8.01. The number of nitrogens with two attached hydrogens (primary N) is 1. The number of thiophene rings is 1. The quantitative estimate of drug-likeness (QED) is 0.534. The lowest BCUT2D eigenvalue weighted by Crippen LogP contribution is -2.47. The molecule has 0 saturated carbocycles. The van der Waals surface area contributed by atoms with Gasteiger partial charge in [-0.2, -0.15) is 0 Å². The van der Waals surface area contributed by atoms with Gasteiger partial charge in [-0.25, -0.2) is 4.79 Å². The molecule has 7 nitrogen and oxygen atoms in total. The van der Waals surface area contributed by atoms with E-state index in [4.69, 9.17) is 11.1 Å². The Morgan fingerprint density at radius 2 is 2.00 bits per heavy atom. The number of likely N-dealkylation sites (tertiary alicyclic amines) is 1. The van der Waals surface area contributed by atoms with Gasteiger partial charge in [0.05, 0.1) is 5.56 Å². The highest BCUT2D eigenvalue weighted by Gasteiger charge is 2.43. The Labute approximate surface area is 200 Å². The molecule has 1 saturated heterocycles. The largest absolute Gasteiger partial charge is 0.351 e. The fourth-order valence-electron chi connectivity index (χ4n) is 4.30. The molecule has 0 bridgehead atoms. The van der Waals surface area contributed by atoms with Crippen molar-refractivity contribution in [3.63, 3.8) is 0 Å². The molecule has 1 fully saturated rings. The first-order chi connectivity index (χ1) is 15.7. The number of Topliss-reactive ketones (excluding diaryl/α,β-unsaturated/α-hetero) is 1. The van der Waals surface area contributed by atoms with Crippen LogP contribution in [0.15, 0.2) is 34.6 Å². The van der Waals surface area contributed by atoms with Crippen molar-refractivity contribution >= 4 is 57.6 Å². The van der Waals surface area contributed by atoms with Crippen LogP contribution in [0.1, 0.15) is 58.0 Å². The zero-order valence-electron chi connectivity index (χ0n) is 18.6. The summed E-state index contributed by atoms with van der Waals surface area (Å²) in [5.41, 5.74) is 8.59. The normalized spacial score (nSPS) is 17.3. The second-order valence-electron chi connectivity index (χ2n) is 8.58. The molecule has 172 valence electrons. The molecule has 2 aromatic rings. The van der Waals surface area contributed by atoms with Crippen molar-refractivity contribution < 1.29 is 14.4 Å². The van der Waals surface area contributed by atoms with Gasteiger partial charge in [-0.3, -0.25) is 14.9 Å². The summed E-state index contributed by atoms with van der Waals surface area (Å²) >= 11 is 3.00. The van der Waals surface area contributed by atoms with Crippen LogP contribution >= 0.6 is 23.1 Å². The average molecular weight is 483 g/mol. The molecule has 1 aromatic carbocycles. The Morgan fingerprint density at radius 3 is 2.67 bits per heavy atom. The Balaban J connectivity index is 1.54. The lowest BCUT2D eigenvalue weighted by molar-refractivity contribution is 0.0697. The smallest absolute Gasteiger partial charge is 0.317 e. The number of nitrogens with zero attached hydrogens (tertiary/aromatic N) is 1. The van der Waals surface area contributed by atoms with Crippen LogP contribution in [0.2, 0.25) is 0 Å². The van der Waals surface area contributed by atoms with Gasteiger partial charge in [0, 0.05) is 51.4 Å². The minimum Gasteiger partial charge on any atom is -0.351 e. The molecule has 0 unspecified atom stereocenters. The monoisotopic (exact) mass is 482 g/mol. The Hall–Kier alpha value is -2.91. The van der Waals surface area contributed by atoms with Crippen LogP contribution in [0.4, 0.5) is 9.80 Å². The van der Waals surface area contributed by atoms with Crippen LogP contribution in [-0.4, -0.2) is 46.2 Å². The van der Waals surface area contributed by atoms with Gasteiger partial charge in [-0.15, -0.1) is 23.1 Å². The molecule has 2 aliphatic rings. The third-order valence-electron chi connectivity index (χ3n) is 5.99. The summed E-state index contributed by atoms with van der Waals surface area (Å²) in [4.78, 5) is 40.6. The first-order valence-corrected chi connectivity index (χ1v) is 12.4. The number of fused-ring (bicyclic) bond motifs is 1. The maximum Gasteiger partial charge on any atom is 0.317 e. The number of piperidine rings is 1. The van der Waals surface area contributed by atoms with Crippen molar-refractivity contribution in [1.29, 1.82) is 5.41 Å². The van der Waals surface area contributed by atoms with Crippen molar-refractivity contribution in [2.45, 2.75) is 42.8 Å².